The van der Waals surface area contributed by atoms with Crippen LogP contribution in [-0.4, -0.2) is 35.0 Å². The molecule has 0 N–H and O–H groups in total. The van der Waals surface area contributed by atoms with E-state index in [2.05, 4.69) is 24.9 Å². The van der Waals surface area contributed by atoms with Gasteiger partial charge in [-0.25, -0.2) is 4.98 Å². The maximum atomic E-state index is 11.7. The van der Waals surface area contributed by atoms with Gasteiger partial charge in [0, 0.05) is 5.75 Å². The molecular formula is C20H22N2O3S. The fourth-order valence-electron chi connectivity index (χ4n) is 2.82. The number of nitrogens with zero attached hydrogens (tertiary/aromatic N) is 2. The monoisotopic (exact) mass is 370 g/mol. The third-order valence-corrected chi connectivity index (χ3v) is 4.85. The van der Waals surface area contributed by atoms with Crippen LogP contribution in [0, 0.1) is 13.8 Å². The zero-order chi connectivity index (χ0) is 18.5. The number of methoxy groups -OCH3 is 1. The number of imidazole rings is 1. The normalized spacial score (nSPS) is 10.9. The summed E-state index contributed by atoms with van der Waals surface area (Å²) in [5, 5.41) is 0.792. The summed E-state index contributed by atoms with van der Waals surface area (Å²) in [6, 6.07) is 14.0. The number of aromatic nitrogens is 2. The lowest BCUT2D eigenvalue weighted by Crippen LogP contribution is -2.12. The zero-order valence-corrected chi connectivity index (χ0v) is 16.0. The molecule has 0 saturated heterocycles. The Bertz CT molecular complexity index is 900. The van der Waals surface area contributed by atoms with E-state index in [0.29, 0.717) is 6.61 Å². The molecule has 6 heteroatoms. The van der Waals surface area contributed by atoms with Gasteiger partial charge in [0.05, 0.1) is 24.8 Å². The van der Waals surface area contributed by atoms with Crippen molar-refractivity contribution >= 4 is 28.8 Å². The summed E-state index contributed by atoms with van der Waals surface area (Å²) >= 11 is 1.57. The molecule has 0 radical (unpaired) electrons. The third-order valence-electron chi connectivity index (χ3n) is 3.91. The first kappa shape index (κ1) is 18.3. The Morgan fingerprint density at radius 2 is 1.88 bits per heavy atom. The van der Waals surface area contributed by atoms with Crippen molar-refractivity contribution in [1.29, 1.82) is 0 Å². The second-order valence-electron chi connectivity index (χ2n) is 6.07. The Balaban J connectivity index is 1.68. The first-order valence-corrected chi connectivity index (χ1v) is 9.41. The number of esters is 1. The van der Waals surface area contributed by atoms with Crippen molar-refractivity contribution in [3.63, 3.8) is 0 Å². The van der Waals surface area contributed by atoms with Crippen LogP contribution in [0.15, 0.2) is 47.6 Å². The number of benzene rings is 2. The van der Waals surface area contributed by atoms with E-state index in [-0.39, 0.29) is 12.5 Å². The lowest BCUT2D eigenvalue weighted by atomic mass is 10.1. The molecule has 0 aliphatic rings. The van der Waals surface area contributed by atoms with Crippen molar-refractivity contribution in [2.75, 3.05) is 19.5 Å². The zero-order valence-electron chi connectivity index (χ0n) is 15.2. The molecule has 1 heterocycles. The molecule has 0 fully saturated rings. The van der Waals surface area contributed by atoms with Gasteiger partial charge in [-0.3, -0.25) is 4.79 Å². The maximum absolute atomic E-state index is 11.7. The van der Waals surface area contributed by atoms with Gasteiger partial charge in [-0.1, -0.05) is 30.0 Å². The fraction of sp³-hybridized carbons (Fsp3) is 0.300. The second-order valence-corrected chi connectivity index (χ2v) is 7.13. The van der Waals surface area contributed by atoms with Crippen LogP contribution in [0.4, 0.5) is 0 Å². The lowest BCUT2D eigenvalue weighted by molar-refractivity contribution is -0.141. The Morgan fingerprint density at radius 1 is 1.15 bits per heavy atom. The molecule has 26 heavy (non-hydrogen) atoms. The summed E-state index contributed by atoms with van der Waals surface area (Å²) in [6.07, 6.45) is 0. The maximum Gasteiger partial charge on any atom is 0.325 e. The second kappa shape index (κ2) is 8.27. The van der Waals surface area contributed by atoms with Crippen molar-refractivity contribution in [3.8, 4) is 5.75 Å². The number of aryl methyl sites for hydroxylation is 2. The molecule has 136 valence electrons. The molecule has 1 aromatic heterocycles. The van der Waals surface area contributed by atoms with Crippen molar-refractivity contribution < 1.29 is 14.3 Å². The fourth-order valence-corrected chi connectivity index (χ4v) is 3.65. The number of para-hydroxylation sites is 2. The minimum Gasteiger partial charge on any atom is -0.493 e. The molecule has 0 spiro atoms. The van der Waals surface area contributed by atoms with E-state index in [9.17, 15) is 4.79 Å². The largest absolute Gasteiger partial charge is 0.493 e. The number of carbonyl (C=O) groups excluding carboxylic acids is 1. The van der Waals surface area contributed by atoms with Crippen LogP contribution in [0.3, 0.4) is 0 Å². The molecule has 0 amide bonds. The van der Waals surface area contributed by atoms with Gasteiger partial charge in [-0.15, -0.1) is 0 Å². The van der Waals surface area contributed by atoms with Gasteiger partial charge in [-0.05, 0) is 49.2 Å². The first-order chi connectivity index (χ1) is 12.6. The predicted molar refractivity (Wildman–Crippen MR) is 104 cm³/mol. The van der Waals surface area contributed by atoms with E-state index in [4.69, 9.17) is 9.47 Å². The number of thioether (sulfide) groups is 1. The molecule has 2 aromatic carbocycles. The number of fused-ring (bicyclic) bond motifs is 1. The van der Waals surface area contributed by atoms with Crippen molar-refractivity contribution in [1.82, 2.24) is 9.55 Å². The highest BCUT2D eigenvalue weighted by molar-refractivity contribution is 7.99. The molecule has 5 nitrogen and oxygen atoms in total. The van der Waals surface area contributed by atoms with Crippen LogP contribution in [0.25, 0.3) is 11.0 Å². The van der Waals surface area contributed by atoms with Crippen LogP contribution < -0.4 is 4.74 Å². The molecule has 0 bridgehead atoms. The summed E-state index contributed by atoms with van der Waals surface area (Å²) in [6.45, 7) is 4.83. The van der Waals surface area contributed by atoms with E-state index >= 15 is 0 Å². The summed E-state index contributed by atoms with van der Waals surface area (Å²) in [5.74, 6) is 1.32. The van der Waals surface area contributed by atoms with E-state index in [1.807, 2.05) is 41.0 Å². The van der Waals surface area contributed by atoms with Gasteiger partial charge in [0.2, 0.25) is 0 Å². The van der Waals surface area contributed by atoms with E-state index in [0.717, 1.165) is 27.7 Å². The van der Waals surface area contributed by atoms with Crippen LogP contribution >= 0.6 is 11.8 Å². The Morgan fingerprint density at radius 3 is 2.62 bits per heavy atom. The van der Waals surface area contributed by atoms with Gasteiger partial charge in [0.25, 0.3) is 0 Å². The summed E-state index contributed by atoms with van der Waals surface area (Å²) in [5.41, 5.74) is 4.17. The molecule has 3 aromatic rings. The minimum atomic E-state index is -0.290. The number of ether oxygens (including phenoxy) is 2. The average molecular weight is 370 g/mol. The standard InChI is InChI=1S/C20H22N2O3S/c1-14-10-15(2)12-16(11-14)25-8-9-26-20-21-17-6-4-5-7-18(17)22(20)13-19(23)24-3/h4-7,10-12H,8-9,13H2,1-3H3. The predicted octanol–water partition coefficient (Wildman–Crippen LogP) is 4.00. The highest BCUT2D eigenvalue weighted by Gasteiger charge is 2.14. The Kier molecular flexibility index (Phi) is 5.83. The molecule has 0 unspecified atom stereocenters. The van der Waals surface area contributed by atoms with Crippen LogP contribution in [0.5, 0.6) is 5.75 Å². The molecule has 3 rings (SSSR count). The molecule has 0 atom stereocenters. The van der Waals surface area contributed by atoms with Crippen LogP contribution in [0.2, 0.25) is 0 Å². The number of rotatable bonds is 7. The van der Waals surface area contributed by atoms with Crippen LogP contribution in [-0.2, 0) is 16.1 Å². The van der Waals surface area contributed by atoms with Gasteiger partial charge < -0.3 is 14.0 Å². The van der Waals surface area contributed by atoms with E-state index in [1.54, 1.807) is 11.8 Å². The molecular weight excluding hydrogens is 348 g/mol. The topological polar surface area (TPSA) is 53.4 Å². The Labute approximate surface area is 157 Å². The summed E-state index contributed by atoms with van der Waals surface area (Å²) < 4.78 is 12.6. The van der Waals surface area contributed by atoms with Crippen molar-refractivity contribution in [2.24, 2.45) is 0 Å². The molecule has 0 saturated carbocycles. The SMILES string of the molecule is COC(=O)Cn1c(SCCOc2cc(C)cc(C)c2)nc2ccccc21. The quantitative estimate of drug-likeness (QED) is 0.357. The summed E-state index contributed by atoms with van der Waals surface area (Å²) in [7, 11) is 1.39. The summed E-state index contributed by atoms with van der Waals surface area (Å²) in [4.78, 5) is 16.4. The Hall–Kier alpha value is -2.47. The highest BCUT2D eigenvalue weighted by atomic mass is 32.2. The first-order valence-electron chi connectivity index (χ1n) is 8.43. The minimum absolute atomic E-state index is 0.150. The van der Waals surface area contributed by atoms with Gasteiger partial charge >= 0.3 is 5.97 Å². The highest BCUT2D eigenvalue weighted by Crippen LogP contribution is 2.24. The van der Waals surface area contributed by atoms with E-state index in [1.165, 1.54) is 18.2 Å². The number of hydrogen-bond donors (Lipinski definition) is 0. The van der Waals surface area contributed by atoms with Crippen LogP contribution in [0.1, 0.15) is 11.1 Å². The van der Waals surface area contributed by atoms with Gasteiger partial charge in [0.15, 0.2) is 5.16 Å². The third kappa shape index (κ3) is 4.38. The average Bonchev–Trinajstić information content (AvgIpc) is 2.95. The lowest BCUT2D eigenvalue weighted by Gasteiger charge is -2.09. The van der Waals surface area contributed by atoms with Crippen molar-refractivity contribution in [3.05, 3.63) is 53.6 Å². The number of carbonyl (C=O) groups is 1. The van der Waals surface area contributed by atoms with Gasteiger partial charge in [0.1, 0.15) is 12.3 Å². The molecule has 0 aliphatic heterocycles. The van der Waals surface area contributed by atoms with Gasteiger partial charge in [-0.2, -0.15) is 0 Å². The number of hydrogen-bond acceptors (Lipinski definition) is 5. The van der Waals surface area contributed by atoms with Crippen molar-refractivity contribution in [2.45, 2.75) is 25.5 Å². The smallest absolute Gasteiger partial charge is 0.325 e. The molecule has 0 aliphatic carbocycles. The van der Waals surface area contributed by atoms with E-state index < -0.39 is 0 Å².